The minimum absolute atomic E-state index is 0.521. The summed E-state index contributed by atoms with van der Waals surface area (Å²) in [6, 6.07) is 0. The van der Waals surface area contributed by atoms with Gasteiger partial charge in [0.2, 0.25) is 0 Å². The Hall–Kier alpha value is -1.42. The van der Waals surface area contributed by atoms with Crippen molar-refractivity contribution in [1.29, 1.82) is 0 Å². The van der Waals surface area contributed by atoms with E-state index in [-0.39, 0.29) is 0 Å². The summed E-state index contributed by atoms with van der Waals surface area (Å²) in [5.74, 6) is 2.61. The Morgan fingerprint density at radius 3 is 2.72 bits per heavy atom. The normalized spacial score (nSPS) is 10.9. The van der Waals surface area contributed by atoms with E-state index in [1.54, 1.807) is 6.20 Å². The maximum Gasteiger partial charge on any atom is 0.146 e. The first-order chi connectivity index (χ1) is 8.67. The first-order valence-corrected chi connectivity index (χ1v) is 6.60. The highest BCUT2D eigenvalue weighted by atomic mass is 35.5. The molecule has 0 unspecified atom stereocenters. The quantitative estimate of drug-likeness (QED) is 0.797. The highest BCUT2D eigenvalue weighted by Gasteiger charge is 2.13. The van der Waals surface area contributed by atoms with Crippen molar-refractivity contribution in [3.8, 4) is 5.82 Å². The van der Waals surface area contributed by atoms with Gasteiger partial charge in [0, 0.05) is 30.8 Å². The summed E-state index contributed by atoms with van der Waals surface area (Å²) in [4.78, 5) is 13.2. The van der Waals surface area contributed by atoms with Gasteiger partial charge in [0.25, 0.3) is 0 Å². The van der Waals surface area contributed by atoms with Crippen molar-refractivity contribution in [2.45, 2.75) is 40.0 Å². The first kappa shape index (κ1) is 13.0. The number of halogens is 1. The van der Waals surface area contributed by atoms with Crippen LogP contribution >= 0.6 is 11.6 Å². The summed E-state index contributed by atoms with van der Waals surface area (Å²) in [6.45, 7) is 6.09. The number of rotatable bonds is 4. The van der Waals surface area contributed by atoms with Crippen molar-refractivity contribution in [1.82, 2.24) is 19.5 Å². The third-order valence-corrected chi connectivity index (χ3v) is 3.21. The van der Waals surface area contributed by atoms with Crippen molar-refractivity contribution in [3.05, 3.63) is 34.8 Å². The third-order valence-electron chi connectivity index (χ3n) is 2.84. The highest BCUT2D eigenvalue weighted by Crippen LogP contribution is 2.20. The van der Waals surface area contributed by atoms with Crippen LogP contribution in [0.1, 0.15) is 37.5 Å². The molecule has 0 aliphatic rings. The lowest BCUT2D eigenvalue weighted by Crippen LogP contribution is -2.08. The number of imidazole rings is 1. The minimum Gasteiger partial charge on any atom is -0.288 e. The van der Waals surface area contributed by atoms with E-state index >= 15 is 0 Å². The molecule has 18 heavy (non-hydrogen) atoms. The molecule has 0 aliphatic carbocycles. The molecule has 2 rings (SSSR count). The van der Waals surface area contributed by atoms with Gasteiger partial charge in [0.15, 0.2) is 0 Å². The average molecular weight is 265 g/mol. The van der Waals surface area contributed by atoms with Gasteiger partial charge in [-0.15, -0.1) is 0 Å². The average Bonchev–Trinajstić information content (AvgIpc) is 2.81. The lowest BCUT2D eigenvalue weighted by Gasteiger charge is -2.11. The number of aromatic nitrogens is 4. The molecule has 0 saturated heterocycles. The molecule has 4 nitrogen and oxygen atoms in total. The Kier molecular flexibility index (Phi) is 3.97. The van der Waals surface area contributed by atoms with Crippen LogP contribution in [-0.2, 0) is 12.8 Å². The maximum atomic E-state index is 6.16. The molecule has 0 N–H and O–H groups in total. The van der Waals surface area contributed by atoms with E-state index in [0.29, 0.717) is 5.15 Å². The fraction of sp³-hybridized carbons (Fsp3) is 0.462. The lowest BCUT2D eigenvalue weighted by atomic mass is 10.3. The summed E-state index contributed by atoms with van der Waals surface area (Å²) in [7, 11) is 0. The third kappa shape index (κ3) is 2.38. The molecule has 0 spiro atoms. The molecule has 0 aliphatic heterocycles. The van der Waals surface area contributed by atoms with E-state index < -0.39 is 0 Å². The molecule has 0 saturated carbocycles. The zero-order chi connectivity index (χ0) is 13.1. The van der Waals surface area contributed by atoms with Gasteiger partial charge in [-0.25, -0.2) is 15.0 Å². The minimum atomic E-state index is 0.521. The Labute approximate surface area is 112 Å². The lowest BCUT2D eigenvalue weighted by molar-refractivity contribution is 0.782. The second kappa shape index (κ2) is 5.48. The summed E-state index contributed by atoms with van der Waals surface area (Å²) >= 11 is 6.16. The highest BCUT2D eigenvalue weighted by molar-refractivity contribution is 6.30. The van der Waals surface area contributed by atoms with Crippen molar-refractivity contribution >= 4 is 11.6 Å². The Balaban J connectivity index is 2.55. The molecule has 2 heterocycles. The van der Waals surface area contributed by atoms with Gasteiger partial charge in [-0.05, 0) is 13.3 Å². The molecule has 0 radical (unpaired) electrons. The molecular formula is C13H17ClN4. The number of hydrogen-bond donors (Lipinski definition) is 0. The van der Waals surface area contributed by atoms with E-state index in [2.05, 4.69) is 21.9 Å². The fourth-order valence-electron chi connectivity index (χ4n) is 1.85. The SMILES string of the molecule is CCCc1nccn1-c1nc(CC)nc(Cl)c1C. The van der Waals surface area contributed by atoms with Gasteiger partial charge < -0.3 is 0 Å². The summed E-state index contributed by atoms with van der Waals surface area (Å²) in [6.07, 6.45) is 6.47. The van der Waals surface area contributed by atoms with Crippen molar-refractivity contribution in [2.24, 2.45) is 0 Å². The zero-order valence-electron chi connectivity index (χ0n) is 10.9. The second-order valence-electron chi connectivity index (χ2n) is 4.20. The molecule has 2 aromatic rings. The van der Waals surface area contributed by atoms with Crippen LogP contribution in [0.5, 0.6) is 0 Å². The Bertz CT molecular complexity index is 548. The summed E-state index contributed by atoms with van der Waals surface area (Å²) in [5, 5.41) is 0.521. The van der Waals surface area contributed by atoms with Crippen LogP contribution in [0.2, 0.25) is 5.15 Å². The van der Waals surface area contributed by atoms with E-state index in [4.69, 9.17) is 11.6 Å². The number of aryl methyl sites for hydroxylation is 2. The van der Waals surface area contributed by atoms with Crippen molar-refractivity contribution in [2.75, 3.05) is 0 Å². The van der Waals surface area contributed by atoms with Gasteiger partial charge in [-0.1, -0.05) is 25.4 Å². The van der Waals surface area contributed by atoms with Gasteiger partial charge >= 0.3 is 0 Å². The van der Waals surface area contributed by atoms with Gasteiger partial charge in [-0.3, -0.25) is 4.57 Å². The molecule has 0 amide bonds. The number of nitrogens with zero attached hydrogens (tertiary/aromatic N) is 4. The summed E-state index contributed by atoms with van der Waals surface area (Å²) < 4.78 is 2.01. The number of hydrogen-bond acceptors (Lipinski definition) is 3. The molecule has 2 aromatic heterocycles. The largest absolute Gasteiger partial charge is 0.288 e. The van der Waals surface area contributed by atoms with E-state index in [1.165, 1.54) is 0 Å². The molecule has 0 atom stereocenters. The molecule has 0 fully saturated rings. The topological polar surface area (TPSA) is 43.6 Å². The summed E-state index contributed by atoms with van der Waals surface area (Å²) in [5.41, 5.74) is 0.893. The molecule has 0 aromatic carbocycles. The predicted molar refractivity (Wildman–Crippen MR) is 72.3 cm³/mol. The van der Waals surface area contributed by atoms with E-state index in [0.717, 1.165) is 42.3 Å². The second-order valence-corrected chi connectivity index (χ2v) is 4.55. The fourth-order valence-corrected chi connectivity index (χ4v) is 2.03. The van der Waals surface area contributed by atoms with Gasteiger partial charge in [0.05, 0.1) is 0 Å². The smallest absolute Gasteiger partial charge is 0.146 e. The van der Waals surface area contributed by atoms with Gasteiger partial charge in [-0.2, -0.15) is 0 Å². The maximum absolute atomic E-state index is 6.16. The van der Waals surface area contributed by atoms with Crippen molar-refractivity contribution in [3.63, 3.8) is 0 Å². The first-order valence-electron chi connectivity index (χ1n) is 6.23. The molecule has 5 heteroatoms. The van der Waals surface area contributed by atoms with E-state index in [1.807, 2.05) is 24.6 Å². The molecular weight excluding hydrogens is 248 g/mol. The molecule has 96 valence electrons. The monoisotopic (exact) mass is 264 g/mol. The van der Waals surface area contributed by atoms with Crippen LogP contribution in [0.4, 0.5) is 0 Å². The predicted octanol–water partition coefficient (Wildman–Crippen LogP) is 3.14. The van der Waals surface area contributed by atoms with E-state index in [9.17, 15) is 0 Å². The zero-order valence-corrected chi connectivity index (χ0v) is 11.7. The van der Waals surface area contributed by atoms with Crippen LogP contribution in [0, 0.1) is 6.92 Å². The van der Waals surface area contributed by atoms with Crippen LogP contribution in [0.3, 0.4) is 0 Å². The van der Waals surface area contributed by atoms with Crippen LogP contribution in [-0.4, -0.2) is 19.5 Å². The van der Waals surface area contributed by atoms with Crippen LogP contribution in [0.15, 0.2) is 12.4 Å². The standard InChI is InChI=1S/C13H17ClN4/c1-4-6-11-15-7-8-18(11)13-9(3)12(14)16-10(5-2)17-13/h7-8H,4-6H2,1-3H3. The van der Waals surface area contributed by atoms with Crippen LogP contribution < -0.4 is 0 Å². The Morgan fingerprint density at radius 1 is 1.28 bits per heavy atom. The molecule has 0 bridgehead atoms. The van der Waals surface area contributed by atoms with Crippen LogP contribution in [0.25, 0.3) is 5.82 Å². The van der Waals surface area contributed by atoms with Crippen molar-refractivity contribution < 1.29 is 0 Å². The van der Waals surface area contributed by atoms with Gasteiger partial charge in [0.1, 0.15) is 22.6 Å². The Morgan fingerprint density at radius 2 is 2.06 bits per heavy atom.